The zero-order chi connectivity index (χ0) is 17.8. The normalized spacial score (nSPS) is 14.2. The van der Waals surface area contributed by atoms with Crippen molar-refractivity contribution in [3.05, 3.63) is 64.8 Å². The molecule has 0 atom stereocenters. The third kappa shape index (κ3) is 3.49. The molecule has 0 bridgehead atoms. The molecule has 3 nitrogen and oxygen atoms in total. The van der Waals surface area contributed by atoms with Gasteiger partial charge in [0.2, 0.25) is 0 Å². The molecule has 3 heteroatoms. The van der Waals surface area contributed by atoms with Crippen molar-refractivity contribution in [2.24, 2.45) is 0 Å². The molecular formula is C23H28N2O. The van der Waals surface area contributed by atoms with E-state index in [1.165, 1.54) is 33.3 Å². The molecule has 0 amide bonds. The number of hydrogen-bond acceptors (Lipinski definition) is 2. The standard InChI is InChI=1S/C23H28N2O/c1-2-17-7-3-4-11-22(17)26-16-6-9-18-8-5-10-21-23(18)19-12-14-24-15-13-20(19)25-21/h3-5,7-8,10-11,24-25H,2,6,9,12-16H2,1H3. The Kier molecular flexibility index (Phi) is 5.26. The molecule has 0 fully saturated rings. The summed E-state index contributed by atoms with van der Waals surface area (Å²) < 4.78 is 6.06. The largest absolute Gasteiger partial charge is 0.493 e. The summed E-state index contributed by atoms with van der Waals surface area (Å²) in [4.78, 5) is 3.66. The monoisotopic (exact) mass is 348 g/mol. The first-order valence-electron chi connectivity index (χ1n) is 9.89. The summed E-state index contributed by atoms with van der Waals surface area (Å²) in [7, 11) is 0. The van der Waals surface area contributed by atoms with Gasteiger partial charge in [-0.3, -0.25) is 0 Å². The average Bonchev–Trinajstić information content (AvgIpc) is 2.88. The van der Waals surface area contributed by atoms with E-state index in [0.717, 1.165) is 57.6 Å². The maximum atomic E-state index is 6.06. The number of fused-ring (bicyclic) bond motifs is 3. The van der Waals surface area contributed by atoms with Gasteiger partial charge in [-0.15, -0.1) is 0 Å². The predicted octanol–water partition coefficient (Wildman–Crippen LogP) is 4.43. The summed E-state index contributed by atoms with van der Waals surface area (Å²) in [5, 5.41) is 4.96. The van der Waals surface area contributed by atoms with E-state index in [-0.39, 0.29) is 0 Å². The lowest BCUT2D eigenvalue weighted by atomic mass is 9.99. The molecule has 1 aliphatic rings. The van der Waals surface area contributed by atoms with Crippen LogP contribution in [0.3, 0.4) is 0 Å². The Morgan fingerprint density at radius 3 is 2.73 bits per heavy atom. The Bertz CT molecular complexity index is 881. The van der Waals surface area contributed by atoms with Crippen LogP contribution in [0.1, 0.15) is 35.7 Å². The first kappa shape index (κ1) is 17.2. The van der Waals surface area contributed by atoms with Crippen LogP contribution in [0.4, 0.5) is 0 Å². The maximum absolute atomic E-state index is 6.06. The Labute approximate surface area is 155 Å². The van der Waals surface area contributed by atoms with Crippen molar-refractivity contribution in [2.45, 2.75) is 39.0 Å². The molecular weight excluding hydrogens is 320 g/mol. The Balaban J connectivity index is 1.47. The van der Waals surface area contributed by atoms with E-state index in [1.54, 1.807) is 0 Å². The molecule has 2 heterocycles. The molecule has 2 N–H and O–H groups in total. The van der Waals surface area contributed by atoms with E-state index in [2.05, 4.69) is 59.7 Å². The molecule has 0 radical (unpaired) electrons. The van der Waals surface area contributed by atoms with Crippen molar-refractivity contribution in [3.63, 3.8) is 0 Å². The second kappa shape index (κ2) is 7.96. The van der Waals surface area contributed by atoms with Gasteiger partial charge >= 0.3 is 0 Å². The maximum Gasteiger partial charge on any atom is 0.122 e. The topological polar surface area (TPSA) is 37.0 Å². The molecule has 26 heavy (non-hydrogen) atoms. The van der Waals surface area contributed by atoms with Crippen molar-refractivity contribution in [1.82, 2.24) is 10.3 Å². The average molecular weight is 348 g/mol. The van der Waals surface area contributed by atoms with E-state index < -0.39 is 0 Å². The minimum atomic E-state index is 0.765. The fourth-order valence-corrected chi connectivity index (χ4v) is 4.08. The van der Waals surface area contributed by atoms with Crippen LogP contribution < -0.4 is 10.1 Å². The van der Waals surface area contributed by atoms with Crippen molar-refractivity contribution < 1.29 is 4.74 Å². The highest BCUT2D eigenvalue weighted by Crippen LogP contribution is 2.28. The molecule has 4 rings (SSSR count). The van der Waals surface area contributed by atoms with Gasteiger partial charge in [0.15, 0.2) is 0 Å². The van der Waals surface area contributed by atoms with Gasteiger partial charge in [0.25, 0.3) is 0 Å². The van der Waals surface area contributed by atoms with Crippen LogP contribution in [-0.2, 0) is 25.7 Å². The van der Waals surface area contributed by atoms with Crippen LogP contribution in [0, 0.1) is 0 Å². The van der Waals surface area contributed by atoms with Gasteiger partial charge in [-0.05, 0) is 61.1 Å². The molecule has 0 aliphatic carbocycles. The number of para-hydroxylation sites is 1. The quantitative estimate of drug-likeness (QED) is 0.647. The number of H-pyrrole nitrogens is 1. The van der Waals surface area contributed by atoms with Crippen LogP contribution in [0.25, 0.3) is 10.9 Å². The number of rotatable bonds is 6. The number of benzene rings is 2. The lowest BCUT2D eigenvalue weighted by Gasteiger charge is -2.11. The van der Waals surface area contributed by atoms with Gasteiger partial charge < -0.3 is 15.0 Å². The zero-order valence-corrected chi connectivity index (χ0v) is 15.6. The second-order valence-corrected chi connectivity index (χ2v) is 7.09. The lowest BCUT2D eigenvalue weighted by Crippen LogP contribution is -2.16. The van der Waals surface area contributed by atoms with Gasteiger partial charge in [0.1, 0.15) is 5.75 Å². The number of hydrogen-bond donors (Lipinski definition) is 2. The van der Waals surface area contributed by atoms with E-state index in [4.69, 9.17) is 4.74 Å². The third-order valence-corrected chi connectivity index (χ3v) is 5.41. The van der Waals surface area contributed by atoms with E-state index >= 15 is 0 Å². The van der Waals surface area contributed by atoms with Crippen LogP contribution in [0.15, 0.2) is 42.5 Å². The highest BCUT2D eigenvalue weighted by Gasteiger charge is 2.16. The van der Waals surface area contributed by atoms with Gasteiger partial charge in [0, 0.05) is 29.6 Å². The molecule has 136 valence electrons. The minimum Gasteiger partial charge on any atom is -0.493 e. The molecule has 0 saturated carbocycles. The molecule has 2 aromatic carbocycles. The van der Waals surface area contributed by atoms with E-state index in [1.807, 2.05) is 0 Å². The first-order valence-corrected chi connectivity index (χ1v) is 9.89. The van der Waals surface area contributed by atoms with Crippen LogP contribution in [0.5, 0.6) is 5.75 Å². The number of ether oxygens (including phenoxy) is 1. The van der Waals surface area contributed by atoms with Crippen LogP contribution >= 0.6 is 0 Å². The SMILES string of the molecule is CCc1ccccc1OCCCc1cccc2[nH]c3c(c12)CCNCC3. The molecule has 1 aliphatic heterocycles. The van der Waals surface area contributed by atoms with Crippen molar-refractivity contribution in [1.29, 1.82) is 0 Å². The summed E-state index contributed by atoms with van der Waals surface area (Å²) in [6, 6.07) is 15.1. The van der Waals surface area contributed by atoms with Crippen molar-refractivity contribution >= 4 is 10.9 Å². The van der Waals surface area contributed by atoms with E-state index in [0.29, 0.717) is 0 Å². The van der Waals surface area contributed by atoms with Crippen LogP contribution in [-0.4, -0.2) is 24.7 Å². The molecule has 3 aromatic rings. The minimum absolute atomic E-state index is 0.765. The predicted molar refractivity (Wildman–Crippen MR) is 108 cm³/mol. The summed E-state index contributed by atoms with van der Waals surface area (Å²) in [6.07, 6.45) is 5.32. The Hall–Kier alpha value is -2.26. The fraction of sp³-hybridized carbons (Fsp3) is 0.391. The number of aryl methyl sites for hydroxylation is 2. The smallest absolute Gasteiger partial charge is 0.122 e. The van der Waals surface area contributed by atoms with Gasteiger partial charge in [-0.1, -0.05) is 37.3 Å². The Morgan fingerprint density at radius 1 is 0.962 bits per heavy atom. The number of aromatic amines is 1. The summed E-state index contributed by atoms with van der Waals surface area (Å²) >= 11 is 0. The lowest BCUT2D eigenvalue weighted by molar-refractivity contribution is 0.308. The van der Waals surface area contributed by atoms with Crippen molar-refractivity contribution in [2.75, 3.05) is 19.7 Å². The zero-order valence-electron chi connectivity index (χ0n) is 15.6. The van der Waals surface area contributed by atoms with Gasteiger partial charge in [-0.25, -0.2) is 0 Å². The molecule has 1 aromatic heterocycles. The summed E-state index contributed by atoms with van der Waals surface area (Å²) in [5.41, 5.74) is 6.99. The van der Waals surface area contributed by atoms with Crippen LogP contribution in [0.2, 0.25) is 0 Å². The number of aromatic nitrogens is 1. The second-order valence-electron chi connectivity index (χ2n) is 7.09. The van der Waals surface area contributed by atoms with Crippen molar-refractivity contribution in [3.8, 4) is 5.75 Å². The third-order valence-electron chi connectivity index (χ3n) is 5.41. The highest BCUT2D eigenvalue weighted by molar-refractivity contribution is 5.88. The highest BCUT2D eigenvalue weighted by atomic mass is 16.5. The number of nitrogens with one attached hydrogen (secondary N) is 2. The summed E-state index contributed by atoms with van der Waals surface area (Å²) in [6.45, 7) is 5.09. The fourth-order valence-electron chi connectivity index (χ4n) is 4.08. The Morgan fingerprint density at radius 2 is 1.81 bits per heavy atom. The molecule has 0 spiro atoms. The van der Waals surface area contributed by atoms with Gasteiger partial charge in [-0.2, -0.15) is 0 Å². The van der Waals surface area contributed by atoms with E-state index in [9.17, 15) is 0 Å². The molecule has 0 unspecified atom stereocenters. The first-order chi connectivity index (χ1) is 12.9. The van der Waals surface area contributed by atoms with Gasteiger partial charge in [0.05, 0.1) is 6.61 Å². The summed E-state index contributed by atoms with van der Waals surface area (Å²) in [5.74, 6) is 1.04. The molecule has 0 saturated heterocycles.